The number of hydrogen-bond acceptors (Lipinski definition) is 6. The predicted octanol–water partition coefficient (Wildman–Crippen LogP) is 3.13. The third-order valence-corrected chi connectivity index (χ3v) is 8.09. The molecule has 0 aliphatic carbocycles. The molecule has 2 saturated heterocycles. The van der Waals surface area contributed by atoms with E-state index in [1.807, 2.05) is 11.3 Å². The van der Waals surface area contributed by atoms with Gasteiger partial charge in [-0.25, -0.2) is 0 Å². The molecule has 0 radical (unpaired) electrons. The number of fused-ring (bicyclic) bond motifs is 2. The standard InChI is InChI=1S/C25H26N4O4S/c1-2-22-19(18-5-3-4-6-23(18)34-22)14-27-11-12-28-21(15-27)24(30)26-20(25(28)31)13-16-7-9-17(10-8-16)29(32)33/h3-10,20-21H,2,11-15H2,1H3,(H,26,30). The highest BCUT2D eigenvalue weighted by Crippen LogP contribution is 2.33. The number of nitro benzene ring substituents is 1. The van der Waals surface area contributed by atoms with E-state index in [-0.39, 0.29) is 17.5 Å². The normalized spacial score (nSPS) is 20.9. The minimum Gasteiger partial charge on any atom is -0.342 e. The van der Waals surface area contributed by atoms with Crippen molar-refractivity contribution in [2.75, 3.05) is 19.6 Å². The van der Waals surface area contributed by atoms with Gasteiger partial charge in [0, 0.05) is 54.3 Å². The number of thiophene rings is 1. The molecule has 5 rings (SSSR count). The number of aryl methyl sites for hydroxylation is 1. The molecule has 2 amide bonds. The van der Waals surface area contributed by atoms with E-state index >= 15 is 0 Å². The first-order chi connectivity index (χ1) is 16.4. The molecule has 2 unspecified atom stereocenters. The lowest BCUT2D eigenvalue weighted by molar-refractivity contribution is -0.384. The van der Waals surface area contributed by atoms with Crippen LogP contribution in [-0.2, 0) is 29.0 Å². The zero-order valence-electron chi connectivity index (χ0n) is 18.9. The molecule has 0 spiro atoms. The summed E-state index contributed by atoms with van der Waals surface area (Å²) >= 11 is 1.83. The third-order valence-electron chi connectivity index (χ3n) is 6.74. The Bertz CT molecular complexity index is 1260. The van der Waals surface area contributed by atoms with Gasteiger partial charge in [-0.1, -0.05) is 37.3 Å². The van der Waals surface area contributed by atoms with Crippen LogP contribution in [0.1, 0.15) is 22.9 Å². The molecule has 8 nitrogen and oxygen atoms in total. The monoisotopic (exact) mass is 478 g/mol. The summed E-state index contributed by atoms with van der Waals surface area (Å²) in [6.45, 7) is 4.68. The van der Waals surface area contributed by atoms with E-state index < -0.39 is 17.0 Å². The lowest BCUT2D eigenvalue weighted by Crippen LogP contribution is -2.69. The summed E-state index contributed by atoms with van der Waals surface area (Å²) in [5.41, 5.74) is 2.11. The topological polar surface area (TPSA) is 95.8 Å². The molecule has 2 aromatic carbocycles. The van der Waals surface area contributed by atoms with Crippen LogP contribution in [0.5, 0.6) is 0 Å². The first kappa shape index (κ1) is 22.5. The van der Waals surface area contributed by atoms with Gasteiger partial charge in [0.05, 0.1) is 4.92 Å². The number of rotatable bonds is 6. The number of nitrogens with zero attached hydrogens (tertiary/aromatic N) is 3. The number of carbonyl (C=O) groups is 2. The van der Waals surface area contributed by atoms with Crippen molar-refractivity contribution >= 4 is 38.9 Å². The highest BCUT2D eigenvalue weighted by molar-refractivity contribution is 7.19. The number of piperazine rings is 2. The van der Waals surface area contributed by atoms with Gasteiger partial charge in [-0.15, -0.1) is 11.3 Å². The molecule has 9 heteroatoms. The maximum atomic E-state index is 13.2. The van der Waals surface area contributed by atoms with Crippen molar-refractivity contribution in [1.82, 2.24) is 15.1 Å². The Kier molecular flexibility index (Phi) is 6.05. The van der Waals surface area contributed by atoms with Crippen molar-refractivity contribution in [3.63, 3.8) is 0 Å². The van der Waals surface area contributed by atoms with Crippen LogP contribution in [0, 0.1) is 10.1 Å². The highest BCUT2D eigenvalue weighted by atomic mass is 32.1. The molecule has 2 aliphatic rings. The van der Waals surface area contributed by atoms with Gasteiger partial charge in [0.15, 0.2) is 0 Å². The smallest absolute Gasteiger partial charge is 0.269 e. The zero-order chi connectivity index (χ0) is 23.8. The van der Waals surface area contributed by atoms with Gasteiger partial charge in [-0.2, -0.15) is 0 Å². The summed E-state index contributed by atoms with van der Waals surface area (Å²) in [6, 6.07) is 13.4. The summed E-state index contributed by atoms with van der Waals surface area (Å²) < 4.78 is 1.28. The number of benzene rings is 2. The molecule has 1 aromatic heterocycles. The van der Waals surface area contributed by atoms with Crippen molar-refractivity contribution in [2.24, 2.45) is 0 Å². The first-order valence-electron chi connectivity index (χ1n) is 11.5. The van der Waals surface area contributed by atoms with Crippen molar-refractivity contribution in [3.8, 4) is 0 Å². The van der Waals surface area contributed by atoms with Gasteiger partial charge in [0.1, 0.15) is 12.1 Å². The lowest BCUT2D eigenvalue weighted by Gasteiger charge is -2.45. The second-order valence-corrected chi connectivity index (χ2v) is 9.96. The molecule has 34 heavy (non-hydrogen) atoms. The summed E-state index contributed by atoms with van der Waals surface area (Å²) in [5, 5.41) is 15.0. The van der Waals surface area contributed by atoms with Gasteiger partial charge in [-0.3, -0.25) is 24.6 Å². The second-order valence-electron chi connectivity index (χ2n) is 8.82. The average molecular weight is 479 g/mol. The van der Waals surface area contributed by atoms with E-state index in [4.69, 9.17) is 0 Å². The van der Waals surface area contributed by atoms with Crippen molar-refractivity contribution < 1.29 is 14.5 Å². The quantitative estimate of drug-likeness (QED) is 0.434. The van der Waals surface area contributed by atoms with Crippen LogP contribution in [0.15, 0.2) is 48.5 Å². The Morgan fingerprint density at radius 2 is 1.88 bits per heavy atom. The molecule has 2 atom stereocenters. The van der Waals surface area contributed by atoms with Gasteiger partial charge in [-0.05, 0) is 29.0 Å². The Morgan fingerprint density at radius 1 is 1.12 bits per heavy atom. The molecule has 176 valence electrons. The number of carbonyl (C=O) groups excluding carboxylic acids is 2. The van der Waals surface area contributed by atoms with E-state index in [0.29, 0.717) is 26.1 Å². The van der Waals surface area contributed by atoms with Crippen molar-refractivity contribution in [1.29, 1.82) is 0 Å². The molecule has 3 aromatic rings. The molecule has 0 bridgehead atoms. The summed E-state index contributed by atoms with van der Waals surface area (Å²) in [6.07, 6.45) is 1.29. The van der Waals surface area contributed by atoms with E-state index in [1.54, 1.807) is 17.0 Å². The Balaban J connectivity index is 1.28. The molecule has 3 heterocycles. The fourth-order valence-corrected chi connectivity index (χ4v) is 6.12. The molecule has 1 N–H and O–H groups in total. The number of non-ortho nitro benzene ring substituents is 1. The average Bonchev–Trinajstić information content (AvgIpc) is 3.20. The largest absolute Gasteiger partial charge is 0.342 e. The van der Waals surface area contributed by atoms with Crippen LogP contribution in [0.25, 0.3) is 10.1 Å². The van der Waals surface area contributed by atoms with Gasteiger partial charge in [0.2, 0.25) is 11.8 Å². The fraction of sp³-hybridized carbons (Fsp3) is 0.360. The minimum atomic E-state index is -0.649. The summed E-state index contributed by atoms with van der Waals surface area (Å²) in [7, 11) is 0. The van der Waals surface area contributed by atoms with Crippen LogP contribution < -0.4 is 5.32 Å². The molecular formula is C25H26N4O4S. The third kappa shape index (κ3) is 4.17. The molecule has 0 saturated carbocycles. The lowest BCUT2D eigenvalue weighted by atomic mass is 9.98. The van der Waals surface area contributed by atoms with Gasteiger partial charge >= 0.3 is 0 Å². The van der Waals surface area contributed by atoms with Crippen LogP contribution in [0.3, 0.4) is 0 Å². The van der Waals surface area contributed by atoms with E-state index in [1.165, 1.54) is 32.7 Å². The Morgan fingerprint density at radius 3 is 2.62 bits per heavy atom. The maximum Gasteiger partial charge on any atom is 0.269 e. The van der Waals surface area contributed by atoms with Crippen molar-refractivity contribution in [3.05, 3.63) is 74.6 Å². The van der Waals surface area contributed by atoms with E-state index in [0.717, 1.165) is 18.5 Å². The molecular weight excluding hydrogens is 452 g/mol. The van der Waals surface area contributed by atoms with Crippen LogP contribution in [-0.4, -0.2) is 58.3 Å². The van der Waals surface area contributed by atoms with E-state index in [9.17, 15) is 19.7 Å². The molecule has 2 fully saturated rings. The summed E-state index contributed by atoms with van der Waals surface area (Å²) in [5.74, 6) is -0.222. The number of nitro groups is 1. The van der Waals surface area contributed by atoms with Gasteiger partial charge < -0.3 is 10.2 Å². The molecule has 2 aliphatic heterocycles. The Labute approximate surface area is 201 Å². The van der Waals surface area contributed by atoms with E-state index in [2.05, 4.69) is 41.4 Å². The maximum absolute atomic E-state index is 13.2. The number of nitrogens with one attached hydrogen (secondary N) is 1. The SMILES string of the molecule is CCc1sc2ccccc2c1CN1CCN2C(=O)C(Cc3ccc([N+](=O)[O-])cc3)NC(=O)C2C1. The number of hydrogen-bond donors (Lipinski definition) is 1. The Hall–Kier alpha value is -3.30. The first-order valence-corrected chi connectivity index (χ1v) is 12.3. The van der Waals surface area contributed by atoms with Gasteiger partial charge in [0.25, 0.3) is 5.69 Å². The number of amides is 2. The van der Waals surface area contributed by atoms with Crippen LogP contribution in [0.2, 0.25) is 0 Å². The highest BCUT2D eigenvalue weighted by Gasteiger charge is 2.43. The van der Waals surface area contributed by atoms with Crippen LogP contribution in [0.4, 0.5) is 5.69 Å². The fourth-order valence-electron chi connectivity index (χ4n) is 4.96. The minimum absolute atomic E-state index is 0.00331. The zero-order valence-corrected chi connectivity index (χ0v) is 19.7. The van der Waals surface area contributed by atoms with Crippen molar-refractivity contribution in [2.45, 2.75) is 38.4 Å². The van der Waals surface area contributed by atoms with Crippen LogP contribution >= 0.6 is 11.3 Å². The predicted molar refractivity (Wildman–Crippen MR) is 131 cm³/mol. The second kappa shape index (κ2) is 9.15. The summed E-state index contributed by atoms with van der Waals surface area (Å²) in [4.78, 5) is 41.9.